The standard InChI is InChI=1S/C10H18N4O/c1-7-12-9(11)10(13-7)14(2)6-8-4-3-5-15-8/h8H,3-6,11H2,1-2H3,(H,12,13). The Hall–Kier alpha value is -1.23. The van der Waals surface area contributed by atoms with Crippen LogP contribution in [0.15, 0.2) is 0 Å². The van der Waals surface area contributed by atoms with Crippen molar-refractivity contribution in [3.8, 4) is 0 Å². The van der Waals surface area contributed by atoms with Crippen LogP contribution in [-0.4, -0.2) is 36.3 Å². The summed E-state index contributed by atoms with van der Waals surface area (Å²) in [5.41, 5.74) is 5.82. The van der Waals surface area contributed by atoms with Gasteiger partial charge in [-0.1, -0.05) is 0 Å². The first-order valence-corrected chi connectivity index (χ1v) is 5.31. The predicted molar refractivity (Wildman–Crippen MR) is 60.0 cm³/mol. The van der Waals surface area contributed by atoms with Crippen LogP contribution in [0.3, 0.4) is 0 Å². The zero-order valence-electron chi connectivity index (χ0n) is 9.29. The van der Waals surface area contributed by atoms with Crippen molar-refractivity contribution in [2.45, 2.75) is 25.9 Å². The van der Waals surface area contributed by atoms with Crippen LogP contribution >= 0.6 is 0 Å². The molecular weight excluding hydrogens is 192 g/mol. The number of anilines is 2. The Bertz CT molecular complexity index is 330. The molecule has 1 fully saturated rings. The zero-order valence-corrected chi connectivity index (χ0v) is 9.29. The molecule has 0 amide bonds. The number of likely N-dealkylation sites (N-methyl/N-ethyl adjacent to an activating group) is 1. The van der Waals surface area contributed by atoms with Gasteiger partial charge in [-0.15, -0.1) is 0 Å². The molecule has 84 valence electrons. The quantitative estimate of drug-likeness (QED) is 0.778. The summed E-state index contributed by atoms with van der Waals surface area (Å²) >= 11 is 0. The highest BCUT2D eigenvalue weighted by Crippen LogP contribution is 2.21. The minimum absolute atomic E-state index is 0.325. The van der Waals surface area contributed by atoms with E-state index in [1.165, 1.54) is 0 Å². The Kier molecular flexibility index (Phi) is 2.81. The first kappa shape index (κ1) is 10.3. The summed E-state index contributed by atoms with van der Waals surface area (Å²) in [5.74, 6) is 2.30. The molecule has 15 heavy (non-hydrogen) atoms. The van der Waals surface area contributed by atoms with Crippen LogP contribution in [0.1, 0.15) is 18.7 Å². The number of nitrogen functional groups attached to an aromatic ring is 1. The van der Waals surface area contributed by atoms with Crippen LogP contribution in [0.25, 0.3) is 0 Å². The highest BCUT2D eigenvalue weighted by atomic mass is 16.5. The molecule has 1 unspecified atom stereocenters. The molecule has 0 bridgehead atoms. The summed E-state index contributed by atoms with van der Waals surface area (Å²) in [5, 5.41) is 0. The van der Waals surface area contributed by atoms with Crippen molar-refractivity contribution in [1.29, 1.82) is 0 Å². The number of aryl methyl sites for hydroxylation is 1. The molecule has 0 aliphatic carbocycles. The average molecular weight is 210 g/mol. The van der Waals surface area contributed by atoms with E-state index in [0.717, 1.165) is 37.6 Å². The SMILES string of the molecule is Cc1nc(N(C)CC2CCCO2)c(N)[nH]1. The number of aromatic amines is 1. The van der Waals surface area contributed by atoms with Gasteiger partial charge >= 0.3 is 0 Å². The summed E-state index contributed by atoms with van der Waals surface area (Å²) in [6.07, 6.45) is 2.62. The number of imidazole rings is 1. The Balaban J connectivity index is 2.00. The van der Waals surface area contributed by atoms with Gasteiger partial charge in [0, 0.05) is 20.2 Å². The van der Waals surface area contributed by atoms with Crippen molar-refractivity contribution in [2.24, 2.45) is 0 Å². The van der Waals surface area contributed by atoms with E-state index in [1.807, 2.05) is 14.0 Å². The molecule has 1 atom stereocenters. The van der Waals surface area contributed by atoms with Crippen molar-refractivity contribution < 1.29 is 4.74 Å². The van der Waals surface area contributed by atoms with Crippen molar-refractivity contribution in [2.75, 3.05) is 30.8 Å². The fraction of sp³-hybridized carbons (Fsp3) is 0.700. The van der Waals surface area contributed by atoms with Crippen LogP contribution in [0, 0.1) is 6.92 Å². The lowest BCUT2D eigenvalue weighted by atomic mass is 10.2. The summed E-state index contributed by atoms with van der Waals surface area (Å²) in [7, 11) is 1.99. The number of hydrogen-bond acceptors (Lipinski definition) is 4. The highest BCUT2D eigenvalue weighted by molar-refractivity contribution is 5.58. The summed E-state index contributed by atoms with van der Waals surface area (Å²) in [6, 6.07) is 0. The zero-order chi connectivity index (χ0) is 10.8. The first-order chi connectivity index (χ1) is 7.16. The van der Waals surface area contributed by atoms with Crippen LogP contribution in [-0.2, 0) is 4.74 Å². The normalized spacial score (nSPS) is 20.8. The highest BCUT2D eigenvalue weighted by Gasteiger charge is 2.19. The minimum atomic E-state index is 0.325. The van der Waals surface area contributed by atoms with Gasteiger partial charge in [0.15, 0.2) is 5.82 Å². The molecule has 5 nitrogen and oxygen atoms in total. The first-order valence-electron chi connectivity index (χ1n) is 5.31. The molecule has 1 saturated heterocycles. The third-order valence-electron chi connectivity index (χ3n) is 2.69. The van der Waals surface area contributed by atoms with Gasteiger partial charge in [-0.05, 0) is 19.8 Å². The molecule has 2 heterocycles. The molecule has 0 spiro atoms. The topological polar surface area (TPSA) is 67.2 Å². The van der Waals surface area contributed by atoms with Gasteiger partial charge in [-0.25, -0.2) is 4.98 Å². The maximum absolute atomic E-state index is 5.82. The molecule has 0 radical (unpaired) electrons. The monoisotopic (exact) mass is 210 g/mol. The second-order valence-corrected chi connectivity index (χ2v) is 4.08. The predicted octanol–water partition coefficient (Wildman–Crippen LogP) is 0.916. The number of ether oxygens (including phenoxy) is 1. The second kappa shape index (κ2) is 4.10. The summed E-state index contributed by atoms with van der Waals surface area (Å²) in [4.78, 5) is 9.39. The molecule has 3 N–H and O–H groups in total. The molecule has 1 aromatic rings. The molecule has 2 rings (SSSR count). The lowest BCUT2D eigenvalue weighted by Crippen LogP contribution is -2.29. The number of H-pyrrole nitrogens is 1. The van der Waals surface area contributed by atoms with Gasteiger partial charge in [0.2, 0.25) is 0 Å². The van der Waals surface area contributed by atoms with Gasteiger partial charge in [0.1, 0.15) is 11.6 Å². The second-order valence-electron chi connectivity index (χ2n) is 4.08. The Morgan fingerprint density at radius 1 is 1.67 bits per heavy atom. The van der Waals surface area contributed by atoms with Crippen molar-refractivity contribution in [1.82, 2.24) is 9.97 Å². The van der Waals surface area contributed by atoms with Gasteiger partial charge in [0.05, 0.1) is 6.10 Å². The van der Waals surface area contributed by atoms with E-state index in [1.54, 1.807) is 0 Å². The number of rotatable bonds is 3. The largest absolute Gasteiger partial charge is 0.382 e. The Labute approximate surface area is 89.6 Å². The van der Waals surface area contributed by atoms with Crippen molar-refractivity contribution in [3.05, 3.63) is 5.82 Å². The fourth-order valence-electron chi connectivity index (χ4n) is 1.97. The number of nitrogens with zero attached hydrogens (tertiary/aromatic N) is 2. The Morgan fingerprint density at radius 3 is 3.00 bits per heavy atom. The molecule has 0 aromatic carbocycles. The van der Waals surface area contributed by atoms with E-state index >= 15 is 0 Å². The minimum Gasteiger partial charge on any atom is -0.382 e. The van der Waals surface area contributed by atoms with E-state index in [0.29, 0.717) is 11.9 Å². The number of hydrogen-bond donors (Lipinski definition) is 2. The van der Waals surface area contributed by atoms with Gasteiger partial charge in [-0.3, -0.25) is 0 Å². The van der Waals surface area contributed by atoms with E-state index in [-0.39, 0.29) is 0 Å². The van der Waals surface area contributed by atoms with Crippen LogP contribution < -0.4 is 10.6 Å². The molecule has 1 aromatic heterocycles. The Morgan fingerprint density at radius 2 is 2.47 bits per heavy atom. The van der Waals surface area contributed by atoms with Gasteiger partial charge < -0.3 is 20.4 Å². The maximum atomic E-state index is 5.82. The third-order valence-corrected chi connectivity index (χ3v) is 2.69. The average Bonchev–Trinajstić information content (AvgIpc) is 2.75. The summed E-state index contributed by atoms with van der Waals surface area (Å²) in [6.45, 7) is 3.64. The van der Waals surface area contributed by atoms with Gasteiger partial charge in [0.25, 0.3) is 0 Å². The lowest BCUT2D eigenvalue weighted by molar-refractivity contribution is 0.116. The molecule has 1 aliphatic heterocycles. The number of aromatic nitrogens is 2. The van der Waals surface area contributed by atoms with Crippen LogP contribution in [0.5, 0.6) is 0 Å². The van der Waals surface area contributed by atoms with Crippen LogP contribution in [0.2, 0.25) is 0 Å². The smallest absolute Gasteiger partial charge is 0.171 e. The van der Waals surface area contributed by atoms with E-state index < -0.39 is 0 Å². The lowest BCUT2D eigenvalue weighted by Gasteiger charge is -2.20. The molecule has 5 heteroatoms. The fourth-order valence-corrected chi connectivity index (χ4v) is 1.97. The third kappa shape index (κ3) is 2.23. The van der Waals surface area contributed by atoms with Crippen molar-refractivity contribution >= 4 is 11.6 Å². The summed E-state index contributed by atoms with van der Waals surface area (Å²) < 4.78 is 5.57. The van der Waals surface area contributed by atoms with E-state index in [9.17, 15) is 0 Å². The van der Waals surface area contributed by atoms with E-state index in [4.69, 9.17) is 10.5 Å². The number of nitrogens with one attached hydrogen (secondary N) is 1. The van der Waals surface area contributed by atoms with Crippen LogP contribution in [0.4, 0.5) is 11.6 Å². The van der Waals surface area contributed by atoms with E-state index in [2.05, 4.69) is 14.9 Å². The molecule has 1 aliphatic rings. The van der Waals surface area contributed by atoms with Crippen molar-refractivity contribution in [3.63, 3.8) is 0 Å². The maximum Gasteiger partial charge on any atom is 0.171 e. The number of nitrogens with two attached hydrogens (primary N) is 1. The molecular formula is C10H18N4O. The van der Waals surface area contributed by atoms with Gasteiger partial charge in [-0.2, -0.15) is 0 Å². The molecule has 0 saturated carbocycles.